The van der Waals surface area contributed by atoms with Gasteiger partial charge in [-0.1, -0.05) is 6.07 Å². The smallest absolute Gasteiger partial charge is 0.404 e. The summed E-state index contributed by atoms with van der Waals surface area (Å²) < 4.78 is 31.3. The van der Waals surface area contributed by atoms with Crippen molar-refractivity contribution < 1.29 is 23.4 Å². The van der Waals surface area contributed by atoms with Crippen LogP contribution in [0.25, 0.3) is 0 Å². The topological polar surface area (TPSA) is 58.6 Å². The molecule has 0 aliphatic heterocycles. The van der Waals surface area contributed by atoms with Crippen LogP contribution in [0.1, 0.15) is 12.8 Å². The van der Waals surface area contributed by atoms with Gasteiger partial charge >= 0.3 is 6.09 Å². The zero-order valence-corrected chi connectivity index (χ0v) is 8.82. The summed E-state index contributed by atoms with van der Waals surface area (Å²) in [6.45, 7) is 0. The second-order valence-electron chi connectivity index (χ2n) is 3.91. The molecular weight excluding hydrogens is 232 g/mol. The Labute approximate surface area is 96.2 Å². The molecule has 6 heteroatoms. The van der Waals surface area contributed by atoms with E-state index in [0.717, 1.165) is 6.07 Å². The molecule has 0 unspecified atom stereocenters. The molecule has 17 heavy (non-hydrogen) atoms. The third-order valence-corrected chi connectivity index (χ3v) is 2.63. The molecule has 0 atom stereocenters. The number of halogens is 2. The van der Waals surface area contributed by atoms with Crippen LogP contribution >= 0.6 is 0 Å². The summed E-state index contributed by atoms with van der Waals surface area (Å²) in [4.78, 5) is 10.3. The lowest BCUT2D eigenvalue weighted by molar-refractivity contribution is 0.0790. The highest BCUT2D eigenvalue weighted by atomic mass is 19.2. The molecule has 0 radical (unpaired) electrons. The van der Waals surface area contributed by atoms with Crippen molar-refractivity contribution in [3.05, 3.63) is 29.8 Å². The molecule has 2 rings (SSSR count). The first-order chi connectivity index (χ1) is 8.06. The summed E-state index contributed by atoms with van der Waals surface area (Å²) in [5, 5.41) is 10.7. The molecule has 4 nitrogen and oxygen atoms in total. The largest absolute Gasteiger partial charge is 0.487 e. The van der Waals surface area contributed by atoms with E-state index < -0.39 is 17.7 Å². The maximum Gasteiger partial charge on any atom is 0.404 e. The summed E-state index contributed by atoms with van der Waals surface area (Å²) >= 11 is 0. The highest BCUT2D eigenvalue weighted by Crippen LogP contribution is 2.28. The molecule has 0 spiro atoms. The minimum absolute atomic E-state index is 0.135. The Hall–Kier alpha value is -1.85. The summed E-state index contributed by atoms with van der Waals surface area (Å²) in [7, 11) is 0. The normalized spacial score (nSPS) is 22.7. The van der Waals surface area contributed by atoms with E-state index in [-0.39, 0.29) is 17.9 Å². The number of carboxylic acid groups (broad SMARTS) is 1. The standard InChI is InChI=1S/C11H11F2NO3/c12-8-2-1-3-9(10(8)13)17-7-4-6(5-7)14-11(15)16/h1-3,6-7,14H,4-5H2,(H,15,16). The zero-order valence-electron chi connectivity index (χ0n) is 8.82. The van der Waals surface area contributed by atoms with Gasteiger partial charge in [-0.05, 0) is 12.1 Å². The Kier molecular flexibility index (Phi) is 3.12. The molecule has 1 aliphatic rings. The van der Waals surface area contributed by atoms with E-state index in [0.29, 0.717) is 12.8 Å². The van der Waals surface area contributed by atoms with Crippen molar-refractivity contribution in [1.29, 1.82) is 0 Å². The van der Waals surface area contributed by atoms with Gasteiger partial charge in [0.15, 0.2) is 11.6 Å². The Balaban J connectivity index is 1.88. The number of amides is 1. The zero-order chi connectivity index (χ0) is 12.4. The monoisotopic (exact) mass is 243 g/mol. The molecule has 1 amide bonds. The van der Waals surface area contributed by atoms with E-state index in [1.54, 1.807) is 0 Å². The van der Waals surface area contributed by atoms with Gasteiger partial charge in [-0.3, -0.25) is 0 Å². The lowest BCUT2D eigenvalue weighted by Gasteiger charge is -2.35. The van der Waals surface area contributed by atoms with E-state index in [1.165, 1.54) is 12.1 Å². The molecule has 1 aromatic carbocycles. The fraction of sp³-hybridized carbons (Fsp3) is 0.364. The van der Waals surface area contributed by atoms with Gasteiger partial charge in [-0.15, -0.1) is 0 Å². The van der Waals surface area contributed by atoms with Crippen LogP contribution in [-0.2, 0) is 0 Å². The second kappa shape index (κ2) is 4.57. The number of hydrogen-bond donors (Lipinski definition) is 2. The molecule has 1 aliphatic carbocycles. The molecular formula is C11H11F2NO3. The molecule has 0 heterocycles. The van der Waals surface area contributed by atoms with Crippen molar-refractivity contribution in [2.24, 2.45) is 0 Å². The van der Waals surface area contributed by atoms with Gasteiger partial charge in [0.25, 0.3) is 0 Å². The number of hydrogen-bond acceptors (Lipinski definition) is 2. The lowest BCUT2D eigenvalue weighted by atomic mass is 9.89. The van der Waals surface area contributed by atoms with Crippen molar-refractivity contribution in [2.75, 3.05) is 0 Å². The van der Waals surface area contributed by atoms with Crippen LogP contribution in [0.2, 0.25) is 0 Å². The maximum absolute atomic E-state index is 13.2. The minimum Gasteiger partial charge on any atom is -0.487 e. The van der Waals surface area contributed by atoms with Gasteiger partial charge in [0, 0.05) is 18.9 Å². The van der Waals surface area contributed by atoms with Crippen LogP contribution in [0.4, 0.5) is 13.6 Å². The molecule has 1 fully saturated rings. The summed E-state index contributed by atoms with van der Waals surface area (Å²) in [6.07, 6.45) is -0.446. The quantitative estimate of drug-likeness (QED) is 0.855. The predicted molar refractivity (Wildman–Crippen MR) is 55.0 cm³/mol. The molecule has 0 saturated heterocycles. The second-order valence-corrected chi connectivity index (χ2v) is 3.91. The Bertz CT molecular complexity index is 433. The van der Waals surface area contributed by atoms with E-state index in [2.05, 4.69) is 5.32 Å². The highest BCUT2D eigenvalue weighted by Gasteiger charge is 2.32. The molecule has 1 saturated carbocycles. The van der Waals surface area contributed by atoms with Crippen molar-refractivity contribution in [3.8, 4) is 5.75 Å². The summed E-state index contributed by atoms with van der Waals surface area (Å²) in [6, 6.07) is 3.54. The number of benzene rings is 1. The van der Waals surface area contributed by atoms with Crippen LogP contribution in [-0.4, -0.2) is 23.3 Å². The molecule has 0 aromatic heterocycles. The summed E-state index contributed by atoms with van der Waals surface area (Å²) in [5.41, 5.74) is 0. The molecule has 92 valence electrons. The van der Waals surface area contributed by atoms with Crippen LogP contribution in [0, 0.1) is 11.6 Å². The van der Waals surface area contributed by atoms with Crippen LogP contribution in [0.5, 0.6) is 5.75 Å². The van der Waals surface area contributed by atoms with Gasteiger partial charge in [-0.2, -0.15) is 4.39 Å². The number of carbonyl (C=O) groups is 1. The van der Waals surface area contributed by atoms with E-state index >= 15 is 0 Å². The van der Waals surface area contributed by atoms with Crippen molar-refractivity contribution in [3.63, 3.8) is 0 Å². The fourth-order valence-electron chi connectivity index (χ4n) is 1.71. The van der Waals surface area contributed by atoms with Crippen molar-refractivity contribution in [2.45, 2.75) is 25.0 Å². The van der Waals surface area contributed by atoms with E-state index in [4.69, 9.17) is 9.84 Å². The van der Waals surface area contributed by atoms with E-state index in [9.17, 15) is 13.6 Å². The molecule has 2 N–H and O–H groups in total. The van der Waals surface area contributed by atoms with Gasteiger partial charge in [0.1, 0.15) is 6.10 Å². The Morgan fingerprint density at radius 2 is 2.12 bits per heavy atom. The fourth-order valence-corrected chi connectivity index (χ4v) is 1.71. The number of nitrogens with one attached hydrogen (secondary N) is 1. The third-order valence-electron chi connectivity index (χ3n) is 2.63. The lowest BCUT2D eigenvalue weighted by Crippen LogP contribution is -2.48. The number of rotatable bonds is 3. The SMILES string of the molecule is O=C(O)NC1CC(Oc2cccc(F)c2F)C1. The van der Waals surface area contributed by atoms with Gasteiger partial charge in [-0.25, -0.2) is 9.18 Å². The maximum atomic E-state index is 13.2. The molecule has 1 aromatic rings. The average Bonchev–Trinajstić information content (AvgIpc) is 2.20. The van der Waals surface area contributed by atoms with Crippen LogP contribution < -0.4 is 10.1 Å². The van der Waals surface area contributed by atoms with Crippen molar-refractivity contribution >= 4 is 6.09 Å². The Morgan fingerprint density at radius 3 is 2.76 bits per heavy atom. The van der Waals surface area contributed by atoms with Gasteiger partial charge < -0.3 is 15.2 Å². The van der Waals surface area contributed by atoms with Crippen molar-refractivity contribution in [1.82, 2.24) is 5.32 Å². The molecule has 0 bridgehead atoms. The average molecular weight is 243 g/mol. The minimum atomic E-state index is -1.09. The predicted octanol–water partition coefficient (Wildman–Crippen LogP) is 2.14. The first-order valence-electron chi connectivity index (χ1n) is 5.16. The van der Waals surface area contributed by atoms with Crippen LogP contribution in [0.3, 0.4) is 0 Å². The van der Waals surface area contributed by atoms with Gasteiger partial charge in [0.2, 0.25) is 5.82 Å². The van der Waals surface area contributed by atoms with E-state index in [1.807, 2.05) is 0 Å². The third kappa shape index (κ3) is 2.64. The first-order valence-corrected chi connectivity index (χ1v) is 5.16. The van der Waals surface area contributed by atoms with Crippen LogP contribution in [0.15, 0.2) is 18.2 Å². The Morgan fingerprint density at radius 1 is 1.41 bits per heavy atom. The number of ether oxygens (including phenoxy) is 1. The highest BCUT2D eigenvalue weighted by molar-refractivity contribution is 5.65. The summed E-state index contributed by atoms with van der Waals surface area (Å²) in [5.74, 6) is -2.10. The van der Waals surface area contributed by atoms with Gasteiger partial charge in [0.05, 0.1) is 0 Å². The first kappa shape index (κ1) is 11.6.